The zero-order chi connectivity index (χ0) is 16.5. The van der Waals surface area contributed by atoms with Crippen LogP contribution in [0.3, 0.4) is 0 Å². The first-order valence-electron chi connectivity index (χ1n) is 9.13. The first-order chi connectivity index (χ1) is 10.7. The number of unbranched alkanes of at least 4 members (excludes halogenated alkanes) is 10. The van der Waals surface area contributed by atoms with E-state index in [1.54, 1.807) is 0 Å². The van der Waals surface area contributed by atoms with Crippen LogP contribution in [-0.2, 0) is 9.53 Å². The first kappa shape index (κ1) is 21.2. The van der Waals surface area contributed by atoms with Crippen LogP contribution >= 0.6 is 0 Å². The van der Waals surface area contributed by atoms with E-state index in [0.717, 1.165) is 19.3 Å². The molecular weight excluding hydrogens is 276 g/mol. The van der Waals surface area contributed by atoms with Crippen molar-refractivity contribution in [2.24, 2.45) is 0 Å². The van der Waals surface area contributed by atoms with Crippen LogP contribution in [0.1, 0.15) is 90.4 Å². The van der Waals surface area contributed by atoms with Crippen molar-refractivity contribution in [3.63, 3.8) is 0 Å². The summed E-state index contributed by atoms with van der Waals surface area (Å²) in [5.74, 6) is -0.860. The van der Waals surface area contributed by atoms with Gasteiger partial charge in [-0.1, -0.05) is 70.4 Å². The second-order valence-corrected chi connectivity index (χ2v) is 6.08. The van der Waals surface area contributed by atoms with Gasteiger partial charge >= 0.3 is 5.97 Å². The Morgan fingerprint density at radius 3 is 1.91 bits per heavy atom. The lowest BCUT2D eigenvalue weighted by Crippen LogP contribution is -2.21. The number of carboxylic acid groups (broad SMARTS) is 1. The zero-order valence-corrected chi connectivity index (χ0v) is 14.7. The fourth-order valence-electron chi connectivity index (χ4n) is 2.57. The quantitative estimate of drug-likeness (QED) is 0.292. The highest BCUT2D eigenvalue weighted by Gasteiger charge is 2.14. The Bertz CT molecular complexity index is 274. The zero-order valence-electron chi connectivity index (χ0n) is 14.7. The van der Waals surface area contributed by atoms with Gasteiger partial charge in [0.05, 0.1) is 0 Å². The number of hydrogen-bond acceptors (Lipinski definition) is 2. The molecule has 0 aromatic carbocycles. The van der Waals surface area contributed by atoms with Gasteiger partial charge in [0.2, 0.25) is 0 Å². The minimum atomic E-state index is -0.860. The van der Waals surface area contributed by atoms with Gasteiger partial charge < -0.3 is 9.84 Å². The highest BCUT2D eigenvalue weighted by molar-refractivity contribution is 5.72. The third-order valence-electron chi connectivity index (χ3n) is 4.04. The number of hydrogen-bond donors (Lipinski definition) is 1. The van der Waals surface area contributed by atoms with Gasteiger partial charge in [-0.05, 0) is 32.1 Å². The van der Waals surface area contributed by atoms with E-state index in [-0.39, 0.29) is 0 Å². The molecule has 22 heavy (non-hydrogen) atoms. The van der Waals surface area contributed by atoms with E-state index < -0.39 is 12.1 Å². The molecule has 0 aliphatic heterocycles. The van der Waals surface area contributed by atoms with Crippen molar-refractivity contribution >= 4 is 5.97 Å². The molecular formula is C19H36O3. The Labute approximate surface area is 137 Å². The van der Waals surface area contributed by atoms with Gasteiger partial charge in [-0.2, -0.15) is 0 Å². The Morgan fingerprint density at radius 1 is 0.909 bits per heavy atom. The van der Waals surface area contributed by atoms with E-state index in [2.05, 4.69) is 19.1 Å². The van der Waals surface area contributed by atoms with Crippen LogP contribution in [-0.4, -0.2) is 24.3 Å². The van der Waals surface area contributed by atoms with Gasteiger partial charge in [0, 0.05) is 7.11 Å². The summed E-state index contributed by atoms with van der Waals surface area (Å²) in [6, 6.07) is 0. The molecule has 0 aliphatic rings. The summed E-state index contributed by atoms with van der Waals surface area (Å²) >= 11 is 0. The van der Waals surface area contributed by atoms with Crippen molar-refractivity contribution in [1.29, 1.82) is 0 Å². The maximum atomic E-state index is 10.8. The summed E-state index contributed by atoms with van der Waals surface area (Å²) in [5, 5.41) is 8.83. The number of carboxylic acids is 1. The van der Waals surface area contributed by atoms with Crippen LogP contribution in [0.5, 0.6) is 0 Å². The lowest BCUT2D eigenvalue weighted by Gasteiger charge is -2.08. The van der Waals surface area contributed by atoms with Crippen LogP contribution < -0.4 is 0 Å². The Kier molecular flexibility index (Phi) is 15.9. The van der Waals surface area contributed by atoms with E-state index in [1.165, 1.54) is 64.9 Å². The number of methoxy groups -OCH3 is 1. The molecule has 0 fully saturated rings. The molecule has 0 aromatic rings. The fourth-order valence-corrected chi connectivity index (χ4v) is 2.57. The van der Waals surface area contributed by atoms with Crippen LogP contribution in [0.15, 0.2) is 12.2 Å². The van der Waals surface area contributed by atoms with Crippen LogP contribution in [0.2, 0.25) is 0 Å². The number of carbonyl (C=O) groups is 1. The van der Waals surface area contributed by atoms with E-state index in [0.29, 0.717) is 6.42 Å². The molecule has 0 rings (SSSR count). The minimum Gasteiger partial charge on any atom is -0.479 e. The molecule has 0 saturated heterocycles. The van der Waals surface area contributed by atoms with Crippen molar-refractivity contribution in [1.82, 2.24) is 0 Å². The smallest absolute Gasteiger partial charge is 0.332 e. The summed E-state index contributed by atoms with van der Waals surface area (Å²) in [7, 11) is 1.46. The second-order valence-electron chi connectivity index (χ2n) is 6.08. The Morgan fingerprint density at radius 2 is 1.41 bits per heavy atom. The number of rotatable bonds is 16. The number of ether oxygens (including phenoxy) is 1. The number of allylic oxidation sites excluding steroid dienone is 2. The molecule has 3 heteroatoms. The fraction of sp³-hybridized carbons (Fsp3) is 0.842. The molecule has 0 heterocycles. The predicted molar refractivity (Wildman–Crippen MR) is 93.3 cm³/mol. The molecule has 0 bridgehead atoms. The third kappa shape index (κ3) is 14.1. The topological polar surface area (TPSA) is 46.5 Å². The summed E-state index contributed by atoms with van der Waals surface area (Å²) in [4.78, 5) is 10.8. The van der Waals surface area contributed by atoms with Crippen molar-refractivity contribution in [2.45, 2.75) is 96.5 Å². The van der Waals surface area contributed by atoms with E-state index in [9.17, 15) is 4.79 Å². The van der Waals surface area contributed by atoms with Gasteiger partial charge in [0.25, 0.3) is 0 Å². The molecule has 0 aliphatic carbocycles. The lowest BCUT2D eigenvalue weighted by atomic mass is 10.1. The molecule has 3 nitrogen and oxygen atoms in total. The van der Waals surface area contributed by atoms with Crippen LogP contribution in [0.25, 0.3) is 0 Å². The molecule has 1 N–H and O–H groups in total. The highest BCUT2D eigenvalue weighted by atomic mass is 16.5. The molecule has 1 atom stereocenters. The van der Waals surface area contributed by atoms with Crippen molar-refractivity contribution in [3.8, 4) is 0 Å². The van der Waals surface area contributed by atoms with E-state index in [4.69, 9.17) is 9.84 Å². The second kappa shape index (κ2) is 16.5. The van der Waals surface area contributed by atoms with Gasteiger partial charge in [-0.15, -0.1) is 0 Å². The van der Waals surface area contributed by atoms with E-state index in [1.807, 2.05) is 0 Å². The van der Waals surface area contributed by atoms with Gasteiger partial charge in [-0.3, -0.25) is 0 Å². The molecule has 0 radical (unpaired) electrons. The molecule has 0 spiro atoms. The highest BCUT2D eigenvalue weighted by Crippen LogP contribution is 2.11. The predicted octanol–water partition coefficient (Wildman–Crippen LogP) is 5.73. The summed E-state index contributed by atoms with van der Waals surface area (Å²) < 4.78 is 4.90. The maximum Gasteiger partial charge on any atom is 0.332 e. The van der Waals surface area contributed by atoms with Gasteiger partial charge in [0.15, 0.2) is 6.10 Å². The van der Waals surface area contributed by atoms with Crippen LogP contribution in [0.4, 0.5) is 0 Å². The minimum absolute atomic E-state index is 0.591. The Balaban J connectivity index is 3.26. The average Bonchev–Trinajstić information content (AvgIpc) is 2.51. The van der Waals surface area contributed by atoms with Gasteiger partial charge in [-0.25, -0.2) is 4.79 Å². The number of aliphatic carboxylic acids is 1. The molecule has 1 unspecified atom stereocenters. The average molecular weight is 312 g/mol. The molecule has 0 aromatic heterocycles. The third-order valence-corrected chi connectivity index (χ3v) is 4.04. The first-order valence-corrected chi connectivity index (χ1v) is 9.13. The summed E-state index contributed by atoms with van der Waals surface area (Å²) in [5.41, 5.74) is 0. The molecule has 0 saturated carbocycles. The standard InChI is InChI=1S/C19H36O3/c1-3-4-5-6-7-8-9-10-11-12-13-14-15-16-17-18(22-2)19(20)21/h13-14,18H,3-12,15-17H2,1-2H3,(H,20,21)/b14-13-. The lowest BCUT2D eigenvalue weighted by molar-refractivity contribution is -0.148. The van der Waals surface area contributed by atoms with Crippen molar-refractivity contribution in [3.05, 3.63) is 12.2 Å². The SMILES string of the molecule is CCCCCCCCCCC/C=C\CCCC(OC)C(=O)O. The monoisotopic (exact) mass is 312 g/mol. The van der Waals surface area contributed by atoms with E-state index >= 15 is 0 Å². The maximum absolute atomic E-state index is 10.8. The summed E-state index contributed by atoms with van der Waals surface area (Å²) in [6.45, 7) is 2.26. The molecule has 0 amide bonds. The van der Waals surface area contributed by atoms with Gasteiger partial charge in [0.1, 0.15) is 0 Å². The largest absolute Gasteiger partial charge is 0.479 e. The van der Waals surface area contributed by atoms with Crippen molar-refractivity contribution in [2.75, 3.05) is 7.11 Å². The van der Waals surface area contributed by atoms with Crippen LogP contribution in [0, 0.1) is 0 Å². The summed E-state index contributed by atoms with van der Waals surface area (Å²) in [6.07, 6.45) is 19.7. The molecule has 130 valence electrons. The Hall–Kier alpha value is -0.830. The normalized spacial score (nSPS) is 12.8. The van der Waals surface area contributed by atoms with Crippen molar-refractivity contribution < 1.29 is 14.6 Å².